The van der Waals surface area contributed by atoms with Crippen LogP contribution in [-0.4, -0.2) is 27.5 Å². The van der Waals surface area contributed by atoms with E-state index in [1.165, 1.54) is 19.1 Å². The first-order valence-electron chi connectivity index (χ1n) is 8.46. The summed E-state index contributed by atoms with van der Waals surface area (Å²) in [5.41, 5.74) is 0.361. The molecule has 2 aromatic rings. The molecule has 1 aromatic carbocycles. The van der Waals surface area contributed by atoms with Crippen molar-refractivity contribution in [1.29, 1.82) is 0 Å². The Bertz CT molecular complexity index is 742. The van der Waals surface area contributed by atoms with E-state index in [-0.39, 0.29) is 17.8 Å². The van der Waals surface area contributed by atoms with Gasteiger partial charge in [0.2, 0.25) is 11.8 Å². The summed E-state index contributed by atoms with van der Waals surface area (Å²) in [6.45, 7) is 6.78. The number of carbonyl (C=O) groups is 1. The minimum absolute atomic E-state index is 0.0411. The molecule has 0 saturated carbocycles. The fourth-order valence-corrected chi connectivity index (χ4v) is 3.24. The molecule has 1 fully saturated rings. The van der Waals surface area contributed by atoms with Crippen molar-refractivity contribution in [2.24, 2.45) is 0 Å². The lowest BCUT2D eigenvalue weighted by atomic mass is 10.1. The van der Waals surface area contributed by atoms with Crippen LogP contribution in [0.25, 0.3) is 0 Å². The quantitative estimate of drug-likeness (QED) is 0.901. The van der Waals surface area contributed by atoms with Crippen LogP contribution in [0.3, 0.4) is 0 Å². The predicted molar refractivity (Wildman–Crippen MR) is 89.9 cm³/mol. The van der Waals surface area contributed by atoms with Gasteiger partial charge in [0.25, 0.3) is 0 Å². The zero-order valence-electron chi connectivity index (χ0n) is 14.8. The highest BCUT2D eigenvalue weighted by Gasteiger charge is 2.34. The lowest BCUT2D eigenvalue weighted by Crippen LogP contribution is -2.40. The number of hydrogen-bond acceptors (Lipinski definition) is 5. The Morgan fingerprint density at radius 3 is 2.80 bits per heavy atom. The number of amides is 1. The summed E-state index contributed by atoms with van der Waals surface area (Å²) in [5, 5.41) is 6.88. The van der Waals surface area contributed by atoms with Gasteiger partial charge in [-0.3, -0.25) is 9.69 Å². The lowest BCUT2D eigenvalue weighted by Gasteiger charge is -2.22. The zero-order chi connectivity index (χ0) is 18.0. The molecule has 0 unspecified atom stereocenters. The second kappa shape index (κ2) is 6.92. The molecule has 1 N–H and O–H groups in total. The summed E-state index contributed by atoms with van der Waals surface area (Å²) in [6.07, 6.45) is 1.97. The second-order valence-electron chi connectivity index (χ2n) is 7.02. The van der Waals surface area contributed by atoms with Crippen molar-refractivity contribution in [2.75, 3.05) is 6.54 Å². The van der Waals surface area contributed by atoms with Crippen LogP contribution in [-0.2, 0) is 16.9 Å². The summed E-state index contributed by atoms with van der Waals surface area (Å²) in [4.78, 5) is 18.1. The third-order valence-corrected chi connectivity index (χ3v) is 4.44. The van der Waals surface area contributed by atoms with Crippen LogP contribution >= 0.6 is 0 Å². The molecule has 1 aliphatic rings. The van der Waals surface area contributed by atoms with Gasteiger partial charge in [0, 0.05) is 13.5 Å². The maximum absolute atomic E-state index is 13.1. The Morgan fingerprint density at radius 1 is 1.40 bits per heavy atom. The predicted octanol–water partition coefficient (Wildman–Crippen LogP) is 2.92. The standard InChI is InChI=1S/C18H23FN4O2/c1-12(24)21-18(2,3)17-20-16(25-22-17)15-5-4-10-23(15)11-13-6-8-14(19)9-7-13/h6-9,15H,4-5,10-11H2,1-3H3,(H,21,24)/t15-/m0/s1. The SMILES string of the molecule is CC(=O)NC(C)(C)c1noc([C@@H]2CCCN2Cc2ccc(F)cc2)n1. The van der Waals surface area contributed by atoms with Crippen molar-refractivity contribution >= 4 is 5.91 Å². The first-order chi connectivity index (χ1) is 11.8. The Labute approximate surface area is 146 Å². The fourth-order valence-electron chi connectivity index (χ4n) is 3.24. The van der Waals surface area contributed by atoms with Gasteiger partial charge < -0.3 is 9.84 Å². The van der Waals surface area contributed by atoms with Gasteiger partial charge in [-0.05, 0) is 50.9 Å². The molecule has 0 spiro atoms. The van der Waals surface area contributed by atoms with E-state index >= 15 is 0 Å². The van der Waals surface area contributed by atoms with Gasteiger partial charge in [0.05, 0.1) is 11.6 Å². The average Bonchev–Trinajstić information content (AvgIpc) is 3.17. The molecule has 1 aliphatic heterocycles. The van der Waals surface area contributed by atoms with Crippen LogP contribution in [0.2, 0.25) is 0 Å². The molecule has 0 bridgehead atoms. The second-order valence-corrected chi connectivity index (χ2v) is 7.02. The minimum Gasteiger partial charge on any atom is -0.344 e. The third kappa shape index (κ3) is 4.04. The summed E-state index contributed by atoms with van der Waals surface area (Å²) < 4.78 is 18.6. The van der Waals surface area contributed by atoms with Gasteiger partial charge in [0.15, 0.2) is 5.82 Å². The Morgan fingerprint density at radius 2 is 2.12 bits per heavy atom. The van der Waals surface area contributed by atoms with Crippen LogP contribution in [0, 0.1) is 5.82 Å². The van der Waals surface area contributed by atoms with E-state index in [0.717, 1.165) is 24.9 Å². The van der Waals surface area contributed by atoms with Gasteiger partial charge in [-0.15, -0.1) is 0 Å². The van der Waals surface area contributed by atoms with Crippen molar-refractivity contribution < 1.29 is 13.7 Å². The maximum Gasteiger partial charge on any atom is 0.244 e. The molecular weight excluding hydrogens is 323 g/mol. The maximum atomic E-state index is 13.1. The summed E-state index contributed by atoms with van der Waals surface area (Å²) in [6, 6.07) is 6.58. The van der Waals surface area contributed by atoms with Crippen molar-refractivity contribution in [3.8, 4) is 0 Å². The first kappa shape index (κ1) is 17.5. The number of aromatic nitrogens is 2. The van der Waals surface area contributed by atoms with Crippen LogP contribution in [0.1, 0.15) is 56.9 Å². The van der Waals surface area contributed by atoms with Crippen LogP contribution < -0.4 is 5.32 Å². The van der Waals surface area contributed by atoms with E-state index in [4.69, 9.17) is 4.52 Å². The van der Waals surface area contributed by atoms with E-state index in [1.807, 2.05) is 13.8 Å². The molecule has 0 aliphatic carbocycles. The fraction of sp³-hybridized carbons (Fsp3) is 0.500. The zero-order valence-corrected chi connectivity index (χ0v) is 14.8. The minimum atomic E-state index is -0.687. The van der Waals surface area contributed by atoms with Crippen LogP contribution in [0.4, 0.5) is 4.39 Å². The van der Waals surface area contributed by atoms with Crippen LogP contribution in [0.5, 0.6) is 0 Å². The number of halogens is 1. The normalized spacial score (nSPS) is 18.5. The van der Waals surface area contributed by atoms with Crippen LogP contribution in [0.15, 0.2) is 28.8 Å². The Balaban J connectivity index is 1.74. The van der Waals surface area contributed by atoms with E-state index < -0.39 is 5.54 Å². The molecule has 2 heterocycles. The molecule has 1 saturated heterocycles. The lowest BCUT2D eigenvalue weighted by molar-refractivity contribution is -0.120. The van der Waals surface area contributed by atoms with Crippen molar-refractivity contribution in [3.05, 3.63) is 47.4 Å². The molecule has 25 heavy (non-hydrogen) atoms. The molecule has 6 nitrogen and oxygen atoms in total. The molecule has 1 atom stereocenters. The third-order valence-electron chi connectivity index (χ3n) is 4.44. The van der Waals surface area contributed by atoms with Gasteiger partial charge >= 0.3 is 0 Å². The molecule has 0 radical (unpaired) electrons. The van der Waals surface area contributed by atoms with Crippen molar-refractivity contribution in [2.45, 2.75) is 51.7 Å². The number of rotatable bonds is 5. The first-order valence-corrected chi connectivity index (χ1v) is 8.46. The molecule has 1 aromatic heterocycles. The van der Waals surface area contributed by atoms with E-state index in [2.05, 4.69) is 20.4 Å². The molecule has 3 rings (SSSR count). The Kier molecular flexibility index (Phi) is 4.85. The molecule has 7 heteroatoms. The number of hydrogen-bond donors (Lipinski definition) is 1. The monoisotopic (exact) mass is 346 g/mol. The Hall–Kier alpha value is -2.28. The van der Waals surface area contributed by atoms with E-state index in [1.54, 1.807) is 12.1 Å². The average molecular weight is 346 g/mol. The summed E-state index contributed by atoms with van der Waals surface area (Å²) in [5.74, 6) is 0.651. The number of nitrogens with zero attached hydrogens (tertiary/aromatic N) is 3. The number of nitrogens with one attached hydrogen (secondary N) is 1. The molecular formula is C18H23FN4O2. The number of benzene rings is 1. The van der Waals surface area contributed by atoms with Crippen molar-refractivity contribution in [3.63, 3.8) is 0 Å². The molecule has 134 valence electrons. The highest BCUT2D eigenvalue weighted by Crippen LogP contribution is 2.33. The summed E-state index contributed by atoms with van der Waals surface area (Å²) >= 11 is 0. The highest BCUT2D eigenvalue weighted by atomic mass is 19.1. The van der Waals surface area contributed by atoms with E-state index in [9.17, 15) is 9.18 Å². The smallest absolute Gasteiger partial charge is 0.244 e. The largest absolute Gasteiger partial charge is 0.344 e. The van der Waals surface area contributed by atoms with Gasteiger partial charge in [-0.1, -0.05) is 17.3 Å². The summed E-state index contributed by atoms with van der Waals surface area (Å²) in [7, 11) is 0. The number of likely N-dealkylation sites (tertiary alicyclic amines) is 1. The van der Waals surface area contributed by atoms with Crippen molar-refractivity contribution in [1.82, 2.24) is 20.4 Å². The number of carbonyl (C=O) groups excluding carboxylic acids is 1. The topological polar surface area (TPSA) is 71.3 Å². The highest BCUT2D eigenvalue weighted by molar-refractivity contribution is 5.73. The van der Waals surface area contributed by atoms with Gasteiger partial charge in [-0.2, -0.15) is 4.98 Å². The van der Waals surface area contributed by atoms with Gasteiger partial charge in [-0.25, -0.2) is 4.39 Å². The van der Waals surface area contributed by atoms with E-state index in [0.29, 0.717) is 18.3 Å². The molecule has 1 amide bonds. The van der Waals surface area contributed by atoms with Gasteiger partial charge in [0.1, 0.15) is 5.82 Å².